The molecule has 1 unspecified atom stereocenters. The maximum Gasteiger partial charge on any atom is 0.314 e. The molecule has 0 saturated carbocycles. The Bertz CT molecular complexity index is 436. The Balaban J connectivity index is 2.32. The summed E-state index contributed by atoms with van der Waals surface area (Å²) < 4.78 is 0. The second-order valence-electron chi connectivity index (χ2n) is 6.32. The van der Waals surface area contributed by atoms with Gasteiger partial charge in [-0.05, 0) is 57.0 Å². The van der Waals surface area contributed by atoms with Crippen LogP contribution in [0.15, 0.2) is 16.8 Å². The minimum atomic E-state index is -1.04. The molecule has 22 heavy (non-hydrogen) atoms. The van der Waals surface area contributed by atoms with Gasteiger partial charge >= 0.3 is 6.03 Å². The van der Waals surface area contributed by atoms with E-state index in [1.807, 2.05) is 16.8 Å². The zero-order valence-electron chi connectivity index (χ0n) is 14.2. The molecule has 5 nitrogen and oxygen atoms in total. The van der Waals surface area contributed by atoms with E-state index in [1.165, 1.54) is 11.3 Å². The summed E-state index contributed by atoms with van der Waals surface area (Å²) >= 11 is 1.53. The molecule has 1 aromatic rings. The van der Waals surface area contributed by atoms with Gasteiger partial charge in [-0.25, -0.2) is 4.79 Å². The lowest BCUT2D eigenvalue weighted by Gasteiger charge is -2.30. The van der Waals surface area contributed by atoms with E-state index in [4.69, 9.17) is 0 Å². The van der Waals surface area contributed by atoms with Crippen LogP contribution in [0.5, 0.6) is 0 Å². The second kappa shape index (κ2) is 8.50. The first-order valence-electron chi connectivity index (χ1n) is 7.76. The molecule has 0 aliphatic heterocycles. The van der Waals surface area contributed by atoms with Gasteiger partial charge in [0, 0.05) is 25.2 Å². The third kappa shape index (κ3) is 5.94. The van der Waals surface area contributed by atoms with Gasteiger partial charge in [-0.1, -0.05) is 0 Å². The number of amides is 2. The molecule has 3 N–H and O–H groups in total. The van der Waals surface area contributed by atoms with Gasteiger partial charge in [-0.2, -0.15) is 11.3 Å². The first-order chi connectivity index (χ1) is 10.2. The van der Waals surface area contributed by atoms with Gasteiger partial charge in [0.05, 0.1) is 6.54 Å². The molecule has 1 aromatic heterocycles. The van der Waals surface area contributed by atoms with Crippen LogP contribution in [0.2, 0.25) is 0 Å². The van der Waals surface area contributed by atoms with Crippen molar-refractivity contribution in [3.63, 3.8) is 0 Å². The molecule has 1 atom stereocenters. The van der Waals surface area contributed by atoms with Crippen molar-refractivity contribution in [1.29, 1.82) is 0 Å². The highest BCUT2D eigenvalue weighted by molar-refractivity contribution is 7.08. The number of nitrogens with one attached hydrogen (secondary N) is 2. The SMILES string of the molecule is CC(C)N(CCNC(=O)NCC(C)(O)c1ccsc1)C(C)C. The molecule has 126 valence electrons. The van der Waals surface area contributed by atoms with Gasteiger partial charge in [-0.3, -0.25) is 4.90 Å². The monoisotopic (exact) mass is 327 g/mol. The predicted molar refractivity (Wildman–Crippen MR) is 92.3 cm³/mol. The molecule has 2 amide bonds. The number of thiophene rings is 1. The lowest BCUT2D eigenvalue weighted by molar-refractivity contribution is 0.0598. The molecule has 0 radical (unpaired) electrons. The van der Waals surface area contributed by atoms with Crippen LogP contribution in [0.4, 0.5) is 4.79 Å². The Morgan fingerprint density at radius 2 is 1.95 bits per heavy atom. The summed E-state index contributed by atoms with van der Waals surface area (Å²) in [6.07, 6.45) is 0. The summed E-state index contributed by atoms with van der Waals surface area (Å²) in [5.41, 5.74) is -0.220. The van der Waals surface area contributed by atoms with E-state index in [1.54, 1.807) is 6.92 Å². The molecule has 0 aromatic carbocycles. The van der Waals surface area contributed by atoms with Crippen molar-refractivity contribution in [3.05, 3.63) is 22.4 Å². The van der Waals surface area contributed by atoms with Crippen molar-refractivity contribution in [1.82, 2.24) is 15.5 Å². The van der Waals surface area contributed by atoms with Crippen molar-refractivity contribution < 1.29 is 9.90 Å². The van der Waals surface area contributed by atoms with Crippen LogP contribution in [0.1, 0.15) is 40.2 Å². The molecular weight excluding hydrogens is 298 g/mol. The molecule has 0 spiro atoms. The molecule has 1 rings (SSSR count). The van der Waals surface area contributed by atoms with E-state index in [2.05, 4.69) is 43.2 Å². The summed E-state index contributed by atoms with van der Waals surface area (Å²) in [6.45, 7) is 11.9. The Morgan fingerprint density at radius 1 is 1.32 bits per heavy atom. The Labute approximate surface area is 137 Å². The molecule has 0 aliphatic rings. The van der Waals surface area contributed by atoms with Gasteiger partial charge in [-0.15, -0.1) is 0 Å². The van der Waals surface area contributed by atoms with Crippen LogP contribution in [0.3, 0.4) is 0 Å². The Kier molecular flexibility index (Phi) is 7.32. The van der Waals surface area contributed by atoms with Gasteiger partial charge < -0.3 is 15.7 Å². The Hall–Kier alpha value is -1.11. The third-order valence-electron chi connectivity index (χ3n) is 3.72. The van der Waals surface area contributed by atoms with E-state index in [-0.39, 0.29) is 12.6 Å². The number of hydrogen-bond donors (Lipinski definition) is 3. The molecular formula is C16H29N3O2S. The van der Waals surface area contributed by atoms with Crippen molar-refractivity contribution in [3.8, 4) is 0 Å². The topological polar surface area (TPSA) is 64.6 Å². The average Bonchev–Trinajstić information content (AvgIpc) is 2.95. The fourth-order valence-corrected chi connectivity index (χ4v) is 3.18. The van der Waals surface area contributed by atoms with E-state index >= 15 is 0 Å². The van der Waals surface area contributed by atoms with Gasteiger partial charge in [0.25, 0.3) is 0 Å². The molecule has 0 fully saturated rings. The Morgan fingerprint density at radius 3 is 2.45 bits per heavy atom. The summed E-state index contributed by atoms with van der Waals surface area (Å²) in [6, 6.07) is 2.52. The van der Waals surface area contributed by atoms with Crippen molar-refractivity contribution in [2.45, 2.75) is 52.3 Å². The molecule has 6 heteroatoms. The quantitative estimate of drug-likeness (QED) is 0.687. The fourth-order valence-electron chi connectivity index (χ4n) is 2.40. The van der Waals surface area contributed by atoms with Crippen LogP contribution in [0, 0.1) is 0 Å². The molecule has 0 aliphatic carbocycles. The number of carbonyl (C=O) groups excluding carboxylic acids is 1. The highest BCUT2D eigenvalue weighted by Gasteiger charge is 2.24. The highest BCUT2D eigenvalue weighted by Crippen LogP contribution is 2.21. The summed E-state index contributed by atoms with van der Waals surface area (Å²) in [4.78, 5) is 14.2. The number of hydrogen-bond acceptors (Lipinski definition) is 4. The van der Waals surface area contributed by atoms with Crippen LogP contribution in [-0.4, -0.2) is 47.8 Å². The van der Waals surface area contributed by atoms with Crippen LogP contribution in [-0.2, 0) is 5.60 Å². The van der Waals surface area contributed by atoms with Crippen molar-refractivity contribution >= 4 is 17.4 Å². The number of rotatable bonds is 8. The van der Waals surface area contributed by atoms with Gasteiger partial charge in [0.15, 0.2) is 0 Å². The molecule has 0 saturated heterocycles. The maximum absolute atomic E-state index is 11.8. The van der Waals surface area contributed by atoms with E-state index < -0.39 is 5.60 Å². The normalized spacial score (nSPS) is 14.4. The summed E-state index contributed by atoms with van der Waals surface area (Å²) in [7, 11) is 0. The minimum absolute atomic E-state index is 0.188. The fraction of sp³-hybridized carbons (Fsp3) is 0.688. The highest BCUT2D eigenvalue weighted by atomic mass is 32.1. The van der Waals surface area contributed by atoms with Crippen LogP contribution >= 0.6 is 11.3 Å². The molecule has 0 bridgehead atoms. The number of carbonyl (C=O) groups is 1. The zero-order chi connectivity index (χ0) is 16.8. The van der Waals surface area contributed by atoms with E-state index in [0.717, 1.165) is 12.1 Å². The molecule has 1 heterocycles. The van der Waals surface area contributed by atoms with Gasteiger partial charge in [0.2, 0.25) is 0 Å². The second-order valence-corrected chi connectivity index (χ2v) is 7.10. The largest absolute Gasteiger partial charge is 0.384 e. The average molecular weight is 327 g/mol. The minimum Gasteiger partial charge on any atom is -0.384 e. The first kappa shape index (κ1) is 18.9. The lowest BCUT2D eigenvalue weighted by Crippen LogP contribution is -2.47. The first-order valence-corrected chi connectivity index (χ1v) is 8.71. The zero-order valence-corrected chi connectivity index (χ0v) is 15.0. The van der Waals surface area contributed by atoms with E-state index in [0.29, 0.717) is 18.6 Å². The smallest absolute Gasteiger partial charge is 0.314 e. The standard InChI is InChI=1S/C16H29N3O2S/c1-12(2)19(13(3)4)8-7-17-15(20)18-11-16(5,21)14-6-9-22-10-14/h6,9-10,12-13,21H,7-8,11H2,1-5H3,(H2,17,18,20). The summed E-state index contributed by atoms with van der Waals surface area (Å²) in [5, 5.41) is 19.7. The lowest BCUT2D eigenvalue weighted by atomic mass is 9.99. The predicted octanol–water partition coefficient (Wildman–Crippen LogP) is 2.37. The number of aliphatic hydroxyl groups is 1. The number of urea groups is 1. The number of nitrogens with zero attached hydrogens (tertiary/aromatic N) is 1. The van der Waals surface area contributed by atoms with Crippen molar-refractivity contribution in [2.24, 2.45) is 0 Å². The van der Waals surface area contributed by atoms with Crippen molar-refractivity contribution in [2.75, 3.05) is 19.6 Å². The van der Waals surface area contributed by atoms with Gasteiger partial charge in [0.1, 0.15) is 5.60 Å². The van der Waals surface area contributed by atoms with E-state index in [9.17, 15) is 9.90 Å². The summed E-state index contributed by atoms with van der Waals surface area (Å²) in [5.74, 6) is 0. The van der Waals surface area contributed by atoms with Crippen LogP contribution < -0.4 is 10.6 Å². The van der Waals surface area contributed by atoms with Crippen LogP contribution in [0.25, 0.3) is 0 Å². The third-order valence-corrected chi connectivity index (χ3v) is 4.40. The maximum atomic E-state index is 11.8.